The zero-order valence-corrected chi connectivity index (χ0v) is 71.4. The minimum Gasteiger partial charge on any atom is -1.00 e. The summed E-state index contributed by atoms with van der Waals surface area (Å²) in [6.07, 6.45) is 12.9. The molecule has 2 saturated heterocycles. The molecule has 2 aromatic carbocycles. The molecule has 6 fully saturated rings. The van der Waals surface area contributed by atoms with E-state index in [0.29, 0.717) is 31.2 Å². The first kappa shape index (κ1) is 95.4. The molecule has 4 heterocycles. The number of carbonyl (C=O) groups is 9. The van der Waals surface area contributed by atoms with Crippen LogP contribution in [-0.4, -0.2) is 187 Å². The SMILES string of the molecule is Brc1ccc(-n2cccc2)cc1.C=C[C@@H]1C[C@]1(NC(=O)[C@@H]1CC(=O)CN1C(=O)[C@@H](NC(=O)OC(C)(C)C)C(C)(C)C)C(=O)NS(=O)(=O)C1CC1.C=C[C@@H]1C[C@]1(NC(=O)[C@@H]1C[C@@](O)(c2ccc(-n3cccc3)cc2)CN1C(=O)[C@@H](NC(=O)OC(C)(C)C)C(C)(C)C)C(=O)NS(=O)(=O)C1CC1.[Br-].[Br-].[CH2-]CCC.[Li+].[Mg+2]. The van der Waals surface area contributed by atoms with Gasteiger partial charge in [0.05, 0.1) is 23.6 Å². The van der Waals surface area contributed by atoms with Crippen LogP contribution in [0.5, 0.6) is 0 Å². The van der Waals surface area contributed by atoms with E-state index < -0.39 is 153 Å². The van der Waals surface area contributed by atoms with E-state index in [-0.39, 0.29) is 120 Å². The minimum atomic E-state index is -3.91. The van der Waals surface area contributed by atoms with Crippen molar-refractivity contribution >= 4 is 112 Å². The summed E-state index contributed by atoms with van der Waals surface area (Å²) in [5.41, 5.74) is -5.64. The van der Waals surface area contributed by atoms with E-state index in [9.17, 15) is 65.1 Å². The molecule has 2 aromatic heterocycles. The summed E-state index contributed by atoms with van der Waals surface area (Å²) in [4.78, 5) is 122. The summed E-state index contributed by atoms with van der Waals surface area (Å²) in [5.74, 6) is -5.98. The summed E-state index contributed by atoms with van der Waals surface area (Å²) >= 11 is 3.40. The van der Waals surface area contributed by atoms with Crippen molar-refractivity contribution in [1.29, 1.82) is 0 Å². The van der Waals surface area contributed by atoms with Gasteiger partial charge < -0.3 is 95.7 Å². The molecule has 33 heteroatoms. The Balaban J connectivity index is 0.000000452. The molecule has 107 heavy (non-hydrogen) atoms. The summed E-state index contributed by atoms with van der Waals surface area (Å²) in [6, 6.07) is 18.3. The standard InChI is InChI=1S/C35H47N5O8S.C25H38N4O8S.C10H8BrN.C4H9.2BrH.Li.Mg/c1-8-22-19-35(22,30(43)38-49(46,47)25-15-16-25)37-28(41)26-20-34(45,23-11-13-24(14-12-23)39-17-9-10-18-39)21-40(26)29(42)27(32(2,3)4)36-31(44)48-33(5,6)7;1-8-14-12-25(14,21(33)28-38(35,36)16-9-10-16)27-19(31)17-11-15(30)13-29(17)20(32)18(23(2,3)4)26-22(34)37-24(5,6)7;11-9-3-5-10(6-4-9)12-7-1-2-8-12;1-3-4-2;;;;/h8-14,17-18,22,25-27,45H,1,15-16,19-21H2,2-7H3,(H,36,44)(H,37,41)(H,38,43);8,14,16-18H,1,9-13H2,2-7H3,(H,26,34)(H,27,31)(H,28,33);1-8H;1,3-4H2,2H3;2*1H;;/q;;;-1;;;+1;+2/p-2/t22-,26+,27-,34+,35-;14-,17+,18-,25-;;;;;;/m11....../s1. The van der Waals surface area contributed by atoms with E-state index in [1.165, 1.54) is 29.2 Å². The number of nitrogens with zero attached hydrogens (tertiary/aromatic N) is 4. The number of aromatic nitrogens is 2. The molecule has 4 aromatic rings. The Morgan fingerprint density at radius 1 is 0.617 bits per heavy atom. The number of ketones is 1. The quantitative estimate of drug-likeness (QED) is 0.0321. The number of carbonyl (C=O) groups excluding carboxylic acids is 9. The first-order valence-electron chi connectivity index (χ1n) is 34.5. The van der Waals surface area contributed by atoms with Crippen molar-refractivity contribution in [3.8, 4) is 11.4 Å². The van der Waals surface area contributed by atoms with Crippen molar-refractivity contribution in [3.05, 3.63) is 140 Å². The number of benzene rings is 2. The Hall–Kier alpha value is -5.83. The molecule has 6 aliphatic rings. The summed E-state index contributed by atoms with van der Waals surface area (Å²) in [6.45, 7) is 33.0. The fourth-order valence-corrected chi connectivity index (χ4v) is 14.8. The number of amides is 8. The minimum absolute atomic E-state index is 0. The fourth-order valence-electron chi connectivity index (χ4n) is 11.8. The molecule has 4 saturated carbocycles. The van der Waals surface area contributed by atoms with Crippen molar-refractivity contribution in [2.24, 2.45) is 22.7 Å². The Labute approximate surface area is 687 Å². The third-order valence-corrected chi connectivity index (χ3v) is 22.3. The Bertz CT molecular complexity index is 4030. The number of nitrogens with one attached hydrogen (secondary N) is 6. The van der Waals surface area contributed by atoms with Gasteiger partial charge >= 0.3 is 54.1 Å². The van der Waals surface area contributed by atoms with Crippen LogP contribution in [0.15, 0.2) is 127 Å². The first-order valence-corrected chi connectivity index (χ1v) is 38.4. The van der Waals surface area contributed by atoms with Gasteiger partial charge in [0.15, 0.2) is 5.78 Å². The molecule has 0 unspecified atom stereocenters. The molecule has 4 aliphatic carbocycles. The summed E-state index contributed by atoms with van der Waals surface area (Å²) in [7, 11) is -7.77. The number of unbranched alkanes of at least 4 members (excludes halogenated alkanes) is 1. The number of aliphatic hydroxyl groups is 1. The third kappa shape index (κ3) is 25.3. The van der Waals surface area contributed by atoms with Crippen LogP contribution >= 0.6 is 15.9 Å². The monoisotopic (exact) mass is 1720 g/mol. The van der Waals surface area contributed by atoms with Gasteiger partial charge in [0, 0.05) is 65.3 Å². The second-order valence-electron chi connectivity index (χ2n) is 31.3. The number of halogens is 3. The van der Waals surface area contributed by atoms with Gasteiger partial charge in [0.1, 0.15) is 52.0 Å². The Morgan fingerprint density at radius 2 is 0.972 bits per heavy atom. The van der Waals surface area contributed by atoms with E-state index in [2.05, 4.69) is 90.3 Å². The van der Waals surface area contributed by atoms with Gasteiger partial charge in [-0.3, -0.25) is 43.0 Å². The van der Waals surface area contributed by atoms with Gasteiger partial charge in [-0.2, -0.15) is 6.42 Å². The molecule has 580 valence electrons. The van der Waals surface area contributed by atoms with Gasteiger partial charge in [0.25, 0.3) is 11.8 Å². The number of hydrogen-bond donors (Lipinski definition) is 7. The zero-order valence-electron chi connectivity index (χ0n) is 63.6. The maximum Gasteiger partial charge on any atom is 2.00 e. The maximum atomic E-state index is 14.4. The molecule has 2 aliphatic heterocycles. The predicted octanol–water partition coefficient (Wildman–Crippen LogP) is -0.869. The average molecular weight is 1720 g/mol. The van der Waals surface area contributed by atoms with Crippen molar-refractivity contribution in [2.75, 3.05) is 13.1 Å². The smallest absolute Gasteiger partial charge is 1.00 e. The number of hydrogen-bond acceptors (Lipinski definition) is 16. The van der Waals surface area contributed by atoms with Crippen LogP contribution in [0, 0.1) is 29.6 Å². The average Bonchev–Trinajstić information content (AvgIpc) is 1.58. The Kier molecular flexibility index (Phi) is 33.8. The van der Waals surface area contributed by atoms with E-state index >= 15 is 0 Å². The molecule has 10 rings (SSSR count). The second kappa shape index (κ2) is 37.9. The molecule has 7 N–H and O–H groups in total. The summed E-state index contributed by atoms with van der Waals surface area (Å²) < 4.78 is 69.9. The zero-order chi connectivity index (χ0) is 76.8. The van der Waals surface area contributed by atoms with Crippen molar-refractivity contribution in [3.63, 3.8) is 0 Å². The van der Waals surface area contributed by atoms with E-state index in [1.54, 1.807) is 95.2 Å². The van der Waals surface area contributed by atoms with Gasteiger partial charge in [-0.1, -0.05) is 95.1 Å². The first-order chi connectivity index (χ1) is 47.8. The topological polar surface area (TPSA) is 349 Å². The van der Waals surface area contributed by atoms with Crippen LogP contribution in [0.3, 0.4) is 0 Å². The van der Waals surface area contributed by atoms with Gasteiger partial charge in [-0.05, 0) is 157 Å². The van der Waals surface area contributed by atoms with Crippen LogP contribution < -0.4 is 83.5 Å². The van der Waals surface area contributed by atoms with E-state index in [1.807, 2.05) is 77.9 Å². The number of likely N-dealkylation sites (tertiary alicyclic amines) is 2. The van der Waals surface area contributed by atoms with Crippen molar-refractivity contribution < 1.29 is 127 Å². The molecule has 8 amide bonds. The third-order valence-electron chi connectivity index (χ3n) is 18.1. The number of rotatable bonds is 20. The largest absolute Gasteiger partial charge is 2.00 e. The number of Topliss-reactive ketones (excluding diaryl/α,β-unsaturated/α-hetero) is 1. The van der Waals surface area contributed by atoms with Crippen LogP contribution in [0.4, 0.5) is 9.59 Å². The van der Waals surface area contributed by atoms with E-state index in [4.69, 9.17) is 9.47 Å². The normalized spacial score (nSPS) is 22.6. The molecule has 0 spiro atoms. The van der Waals surface area contributed by atoms with Crippen LogP contribution in [0.1, 0.15) is 160 Å². The fraction of sp³-hybridized carbons (Fsp3) is 0.541. The van der Waals surface area contributed by atoms with Gasteiger partial charge in [-0.15, -0.1) is 13.2 Å². The molecular weight excluding hydrogens is 1620 g/mol. The Morgan fingerprint density at radius 3 is 1.30 bits per heavy atom. The number of alkyl carbamates (subject to hydrolysis) is 2. The van der Waals surface area contributed by atoms with Crippen LogP contribution in [0.25, 0.3) is 11.4 Å². The number of sulfonamides is 2. The van der Waals surface area contributed by atoms with Gasteiger partial charge in [0.2, 0.25) is 43.7 Å². The molecular formula is C74H102Br3LiMgN10O16S2. The molecule has 26 nitrogen and oxygen atoms in total. The van der Waals surface area contributed by atoms with E-state index in [0.717, 1.165) is 21.5 Å². The summed E-state index contributed by atoms with van der Waals surface area (Å²) in [5, 5.41) is 21.4. The van der Waals surface area contributed by atoms with Crippen LogP contribution in [-0.2, 0) is 68.7 Å². The maximum absolute atomic E-state index is 14.4. The van der Waals surface area contributed by atoms with Gasteiger partial charge in [-0.25, -0.2) is 26.4 Å². The van der Waals surface area contributed by atoms with Crippen molar-refractivity contribution in [1.82, 2.24) is 49.6 Å². The molecule has 0 radical (unpaired) electrons. The van der Waals surface area contributed by atoms with Crippen molar-refractivity contribution in [2.45, 2.75) is 217 Å². The molecule has 0 bridgehead atoms. The van der Waals surface area contributed by atoms with Crippen LogP contribution in [0.2, 0.25) is 0 Å². The number of ether oxygens (including phenoxy) is 2. The number of β-amino-alcohol motifs (C(OH)–C–C–N with tert-alkyl or cyclic N) is 1. The molecule has 9 atom stereocenters. The predicted molar refractivity (Wildman–Crippen MR) is 398 cm³/mol. The second-order valence-corrected chi connectivity index (χ2v) is 36.1.